The van der Waals surface area contributed by atoms with Crippen LogP contribution < -0.4 is 14.4 Å². The van der Waals surface area contributed by atoms with Gasteiger partial charge in [-0.25, -0.2) is 0 Å². The summed E-state index contributed by atoms with van der Waals surface area (Å²) in [6, 6.07) is 17.2. The average molecular weight is 410 g/mol. The molecule has 0 saturated heterocycles. The molecular formula is C21H22N4O3S. The molecule has 0 aliphatic carbocycles. The molecule has 8 heteroatoms. The van der Waals surface area contributed by atoms with Gasteiger partial charge in [0.1, 0.15) is 6.61 Å². The highest BCUT2D eigenvalue weighted by Gasteiger charge is 2.27. The molecule has 1 amide bonds. The van der Waals surface area contributed by atoms with Gasteiger partial charge in [0.05, 0.1) is 5.75 Å². The Morgan fingerprint density at radius 2 is 1.86 bits per heavy atom. The first kappa shape index (κ1) is 19.3. The fraction of sp³-hybridized carbons (Fsp3) is 0.286. The second kappa shape index (κ2) is 8.57. The summed E-state index contributed by atoms with van der Waals surface area (Å²) in [4.78, 5) is 14.5. The molecule has 0 N–H and O–H groups in total. The highest BCUT2D eigenvalue weighted by atomic mass is 32.2. The monoisotopic (exact) mass is 410 g/mol. The second-order valence-corrected chi connectivity index (χ2v) is 7.47. The number of ether oxygens (including phenoxy) is 2. The van der Waals surface area contributed by atoms with Crippen LogP contribution in [0.25, 0.3) is 0 Å². The number of para-hydroxylation sites is 3. The fourth-order valence-electron chi connectivity index (χ4n) is 3.19. The third-order valence-electron chi connectivity index (χ3n) is 4.68. The number of hydrogen-bond acceptors (Lipinski definition) is 6. The first-order valence-electron chi connectivity index (χ1n) is 9.43. The van der Waals surface area contributed by atoms with Gasteiger partial charge in [-0.1, -0.05) is 42.1 Å². The Morgan fingerprint density at radius 1 is 1.14 bits per heavy atom. The summed E-state index contributed by atoms with van der Waals surface area (Å²) >= 11 is 1.37. The number of hydrogen-bond donors (Lipinski definition) is 0. The molecule has 7 nitrogen and oxygen atoms in total. The van der Waals surface area contributed by atoms with Gasteiger partial charge in [-0.15, -0.1) is 10.2 Å². The van der Waals surface area contributed by atoms with Gasteiger partial charge in [-0.3, -0.25) is 4.79 Å². The molecule has 0 radical (unpaired) electrons. The topological polar surface area (TPSA) is 69.5 Å². The van der Waals surface area contributed by atoms with E-state index in [2.05, 4.69) is 10.2 Å². The van der Waals surface area contributed by atoms with Gasteiger partial charge >= 0.3 is 0 Å². The van der Waals surface area contributed by atoms with Crippen molar-refractivity contribution in [2.75, 3.05) is 23.8 Å². The number of benzene rings is 2. The predicted octanol–water partition coefficient (Wildman–Crippen LogP) is 3.47. The van der Waals surface area contributed by atoms with Crippen molar-refractivity contribution >= 4 is 23.4 Å². The minimum atomic E-state index is -0.344. The van der Waals surface area contributed by atoms with Gasteiger partial charge < -0.3 is 18.9 Å². The van der Waals surface area contributed by atoms with Gasteiger partial charge in [-0.2, -0.15) is 0 Å². The molecule has 29 heavy (non-hydrogen) atoms. The lowest BCUT2D eigenvalue weighted by Gasteiger charge is -2.25. The molecule has 1 aliphatic heterocycles. The molecule has 0 saturated carbocycles. The maximum absolute atomic E-state index is 12.7. The molecule has 1 aliphatic rings. The number of nitrogens with zero attached hydrogens (tertiary/aromatic N) is 4. The van der Waals surface area contributed by atoms with Crippen LogP contribution in [-0.4, -0.2) is 39.6 Å². The van der Waals surface area contributed by atoms with Crippen molar-refractivity contribution in [1.82, 2.24) is 14.8 Å². The van der Waals surface area contributed by atoms with Crippen molar-refractivity contribution in [3.63, 3.8) is 0 Å². The van der Waals surface area contributed by atoms with Crippen LogP contribution >= 0.6 is 11.8 Å². The smallest absolute Gasteiger partial charge is 0.237 e. The molecule has 0 spiro atoms. The molecule has 2 heterocycles. The van der Waals surface area contributed by atoms with Crippen LogP contribution in [0.5, 0.6) is 11.5 Å². The molecule has 4 rings (SSSR count). The largest absolute Gasteiger partial charge is 0.485 e. The Balaban J connectivity index is 1.42. The van der Waals surface area contributed by atoms with E-state index in [0.29, 0.717) is 29.9 Å². The van der Waals surface area contributed by atoms with E-state index in [4.69, 9.17) is 9.47 Å². The summed E-state index contributed by atoms with van der Waals surface area (Å²) in [5, 5.41) is 9.19. The van der Waals surface area contributed by atoms with Gasteiger partial charge in [0.2, 0.25) is 5.91 Å². The van der Waals surface area contributed by atoms with Gasteiger partial charge in [-0.05, 0) is 31.2 Å². The van der Waals surface area contributed by atoms with Crippen LogP contribution in [0.15, 0.2) is 59.8 Å². The molecule has 0 bridgehead atoms. The van der Waals surface area contributed by atoms with E-state index < -0.39 is 0 Å². The zero-order valence-corrected chi connectivity index (χ0v) is 17.1. The van der Waals surface area contributed by atoms with Crippen molar-refractivity contribution < 1.29 is 14.3 Å². The maximum Gasteiger partial charge on any atom is 0.237 e. The van der Waals surface area contributed by atoms with E-state index >= 15 is 0 Å². The number of rotatable bonds is 6. The van der Waals surface area contributed by atoms with E-state index in [0.717, 1.165) is 11.4 Å². The SMILES string of the molecule is CCN(C(=O)CSc1nnc(C2COc3ccccc3O2)n1C)c1ccccc1. The Hall–Kier alpha value is -3.00. The number of amides is 1. The summed E-state index contributed by atoms with van der Waals surface area (Å²) < 4.78 is 13.7. The Morgan fingerprint density at radius 3 is 2.62 bits per heavy atom. The normalized spacial score (nSPS) is 15.2. The lowest BCUT2D eigenvalue weighted by atomic mass is 10.2. The zero-order chi connectivity index (χ0) is 20.2. The van der Waals surface area contributed by atoms with Crippen LogP contribution in [-0.2, 0) is 11.8 Å². The van der Waals surface area contributed by atoms with Gasteiger partial charge in [0.25, 0.3) is 0 Å². The number of thioether (sulfide) groups is 1. The summed E-state index contributed by atoms with van der Waals surface area (Å²) in [6.45, 7) is 2.94. The van der Waals surface area contributed by atoms with E-state index in [1.165, 1.54) is 11.8 Å². The number of carbonyl (C=O) groups is 1. The number of anilines is 1. The van der Waals surface area contributed by atoms with Crippen LogP contribution in [0.1, 0.15) is 18.9 Å². The second-order valence-electron chi connectivity index (χ2n) is 6.53. The van der Waals surface area contributed by atoms with E-state index in [-0.39, 0.29) is 17.8 Å². The van der Waals surface area contributed by atoms with Crippen LogP contribution in [0.3, 0.4) is 0 Å². The van der Waals surface area contributed by atoms with E-state index in [1.54, 1.807) is 4.90 Å². The number of aromatic nitrogens is 3. The van der Waals surface area contributed by atoms with Crippen molar-refractivity contribution in [1.29, 1.82) is 0 Å². The molecule has 2 aromatic carbocycles. The van der Waals surface area contributed by atoms with Crippen molar-refractivity contribution in [2.45, 2.75) is 18.2 Å². The van der Waals surface area contributed by atoms with Crippen LogP contribution in [0.2, 0.25) is 0 Å². The quantitative estimate of drug-likeness (QED) is 0.580. The zero-order valence-electron chi connectivity index (χ0n) is 16.3. The molecule has 1 atom stereocenters. The van der Waals surface area contributed by atoms with Crippen LogP contribution in [0.4, 0.5) is 5.69 Å². The van der Waals surface area contributed by atoms with Crippen molar-refractivity contribution in [3.05, 3.63) is 60.4 Å². The molecule has 150 valence electrons. The van der Waals surface area contributed by atoms with Gasteiger partial charge in [0.15, 0.2) is 28.6 Å². The average Bonchev–Trinajstić information content (AvgIpc) is 3.13. The third-order valence-corrected chi connectivity index (χ3v) is 5.68. The lowest BCUT2D eigenvalue weighted by Crippen LogP contribution is -2.32. The van der Waals surface area contributed by atoms with E-state index in [1.807, 2.05) is 73.1 Å². The van der Waals surface area contributed by atoms with Gasteiger partial charge in [0, 0.05) is 19.3 Å². The highest BCUT2D eigenvalue weighted by Crippen LogP contribution is 2.35. The summed E-state index contributed by atoms with van der Waals surface area (Å²) in [5.41, 5.74) is 0.894. The third kappa shape index (κ3) is 4.07. The predicted molar refractivity (Wildman–Crippen MR) is 112 cm³/mol. The van der Waals surface area contributed by atoms with Crippen molar-refractivity contribution in [2.24, 2.45) is 7.05 Å². The fourth-order valence-corrected chi connectivity index (χ4v) is 3.99. The first-order valence-corrected chi connectivity index (χ1v) is 10.4. The molecule has 1 unspecified atom stereocenters. The van der Waals surface area contributed by atoms with Crippen molar-refractivity contribution in [3.8, 4) is 11.5 Å². The Kier molecular flexibility index (Phi) is 5.71. The molecule has 0 fully saturated rings. The minimum Gasteiger partial charge on any atom is -0.485 e. The van der Waals surface area contributed by atoms with Crippen LogP contribution in [0, 0.1) is 0 Å². The summed E-state index contributed by atoms with van der Waals surface area (Å²) in [5.74, 6) is 2.40. The molecular weight excluding hydrogens is 388 g/mol. The summed E-state index contributed by atoms with van der Waals surface area (Å²) in [7, 11) is 1.88. The standard InChI is InChI=1S/C21H22N4O3S/c1-3-25(15-9-5-4-6-10-15)19(26)14-29-21-23-22-20(24(21)2)18-13-27-16-11-7-8-12-17(16)28-18/h4-12,18H,3,13-14H2,1-2H3. The number of carbonyl (C=O) groups excluding carboxylic acids is 1. The molecule has 3 aromatic rings. The lowest BCUT2D eigenvalue weighted by molar-refractivity contribution is -0.116. The molecule has 1 aromatic heterocycles. The summed E-state index contributed by atoms with van der Waals surface area (Å²) in [6.07, 6.45) is -0.344. The highest BCUT2D eigenvalue weighted by molar-refractivity contribution is 7.99. The van der Waals surface area contributed by atoms with E-state index in [9.17, 15) is 4.79 Å². The maximum atomic E-state index is 12.7. The number of fused-ring (bicyclic) bond motifs is 1. The Bertz CT molecular complexity index is 993. The Labute approximate surface area is 173 Å². The first-order chi connectivity index (χ1) is 14.2. The minimum absolute atomic E-state index is 0.0272.